The van der Waals surface area contributed by atoms with Crippen LogP contribution >= 0.6 is 11.6 Å². The van der Waals surface area contributed by atoms with Crippen LogP contribution in [0.5, 0.6) is 0 Å². The van der Waals surface area contributed by atoms with Gasteiger partial charge in [-0.15, -0.1) is 11.6 Å². The molecule has 0 aromatic heterocycles. The van der Waals surface area contributed by atoms with Gasteiger partial charge >= 0.3 is 6.09 Å². The second kappa shape index (κ2) is 7.51. The number of halogens is 1. The monoisotopic (exact) mass is 356 g/mol. The van der Waals surface area contributed by atoms with Crippen LogP contribution in [-0.2, 0) is 10.3 Å². The lowest BCUT2D eigenvalue weighted by atomic mass is 9.77. The van der Waals surface area contributed by atoms with E-state index in [0.717, 1.165) is 0 Å². The van der Waals surface area contributed by atoms with E-state index in [4.69, 9.17) is 11.6 Å². The first-order valence-corrected chi connectivity index (χ1v) is 8.12. The van der Waals surface area contributed by atoms with Crippen molar-refractivity contribution < 1.29 is 19.8 Å². The van der Waals surface area contributed by atoms with Crippen LogP contribution in [0.3, 0.4) is 0 Å². The first-order chi connectivity index (χ1) is 11.0. The van der Waals surface area contributed by atoms with Gasteiger partial charge in [-0.2, -0.15) is 0 Å². The van der Waals surface area contributed by atoms with Crippen molar-refractivity contribution >= 4 is 24.0 Å². The topological polar surface area (TPSA) is 98.7 Å². The highest BCUT2D eigenvalue weighted by molar-refractivity contribution is 6.18. The normalized spacial score (nSPS) is 18.1. The number of aliphatic hydroxyl groups is 1. The fourth-order valence-electron chi connectivity index (χ4n) is 2.51. The van der Waals surface area contributed by atoms with Crippen LogP contribution in [0.25, 0.3) is 0 Å². The number of carbonyl (C=O) groups excluding carboxylic acids is 1. The summed E-state index contributed by atoms with van der Waals surface area (Å²) in [5, 5.41) is 25.0. The van der Waals surface area contributed by atoms with Crippen LogP contribution in [0.4, 0.5) is 4.79 Å². The Labute approximate surface area is 147 Å². The smallest absolute Gasteiger partial charge is 0.406 e. The van der Waals surface area contributed by atoms with Crippen LogP contribution < -0.4 is 10.6 Å². The molecular formula is C17H25ClN2O4. The average Bonchev–Trinajstić information content (AvgIpc) is 2.52. The molecule has 0 fully saturated rings. The summed E-state index contributed by atoms with van der Waals surface area (Å²) in [4.78, 5) is 23.2. The third kappa shape index (κ3) is 4.06. The van der Waals surface area contributed by atoms with Crippen molar-refractivity contribution in [1.82, 2.24) is 10.6 Å². The first kappa shape index (κ1) is 20.4. The van der Waals surface area contributed by atoms with Crippen molar-refractivity contribution in [2.45, 2.75) is 45.0 Å². The van der Waals surface area contributed by atoms with Gasteiger partial charge in [-0.25, -0.2) is 4.79 Å². The minimum atomic E-state index is -1.63. The van der Waals surface area contributed by atoms with Crippen LogP contribution in [0.1, 0.15) is 33.3 Å². The van der Waals surface area contributed by atoms with Crippen LogP contribution in [0, 0.1) is 5.41 Å². The molecule has 0 saturated heterocycles. The molecule has 0 aliphatic heterocycles. The lowest BCUT2D eigenvalue weighted by Crippen LogP contribution is -2.73. The molecule has 0 aliphatic rings. The van der Waals surface area contributed by atoms with Gasteiger partial charge in [-0.1, -0.05) is 51.1 Å². The number of amides is 1. The van der Waals surface area contributed by atoms with Gasteiger partial charge in [-0.3, -0.25) is 15.4 Å². The van der Waals surface area contributed by atoms with E-state index < -0.39 is 28.8 Å². The van der Waals surface area contributed by atoms with Crippen molar-refractivity contribution in [3.63, 3.8) is 0 Å². The third-order valence-electron chi connectivity index (χ3n) is 4.31. The molecule has 0 aliphatic carbocycles. The highest BCUT2D eigenvalue weighted by Crippen LogP contribution is 2.34. The number of aliphatic hydroxyl groups excluding tert-OH is 1. The van der Waals surface area contributed by atoms with Crippen molar-refractivity contribution in [3.05, 3.63) is 35.9 Å². The highest BCUT2D eigenvalue weighted by Gasteiger charge is 2.50. The summed E-state index contributed by atoms with van der Waals surface area (Å²) in [6.07, 6.45) is -1.89. The van der Waals surface area contributed by atoms with Gasteiger partial charge in [-0.05, 0) is 12.5 Å². The molecule has 4 N–H and O–H groups in total. The second-order valence-corrected chi connectivity index (χ2v) is 7.28. The van der Waals surface area contributed by atoms with Gasteiger partial charge in [0.2, 0.25) is 0 Å². The zero-order chi connectivity index (χ0) is 18.6. The Morgan fingerprint density at radius 3 is 2.17 bits per heavy atom. The molecular weight excluding hydrogens is 332 g/mol. The molecule has 3 atom stereocenters. The summed E-state index contributed by atoms with van der Waals surface area (Å²) in [5.41, 5.74) is -2.91. The number of alkyl halides is 1. The molecule has 134 valence electrons. The number of carbonyl (C=O) groups is 2. The molecule has 1 amide bonds. The van der Waals surface area contributed by atoms with Crippen LogP contribution in [0.15, 0.2) is 30.3 Å². The summed E-state index contributed by atoms with van der Waals surface area (Å²) in [6, 6.07) is 8.97. The zero-order valence-corrected chi connectivity index (χ0v) is 15.1. The summed E-state index contributed by atoms with van der Waals surface area (Å²) in [6.45, 7) is 6.86. The van der Waals surface area contributed by atoms with E-state index in [1.54, 1.807) is 52.0 Å². The predicted octanol–water partition coefficient (Wildman–Crippen LogP) is 2.30. The van der Waals surface area contributed by atoms with E-state index in [1.807, 2.05) is 6.07 Å². The highest BCUT2D eigenvalue weighted by atomic mass is 35.5. The Balaban J connectivity index is 3.47. The maximum absolute atomic E-state index is 11.9. The molecule has 1 aromatic rings. The minimum Gasteiger partial charge on any atom is -0.465 e. The second-order valence-electron chi connectivity index (χ2n) is 6.97. The molecule has 0 unspecified atom stereocenters. The number of carboxylic acid groups (broad SMARTS) is 1. The SMILES string of the molecule is CC(C)(C)[C@@](C=O)(NC(=O)O)N[C@@](C)(c1ccccc1)[C@@H](O)CCl. The molecule has 1 aromatic carbocycles. The van der Waals surface area contributed by atoms with Crippen molar-refractivity contribution in [3.8, 4) is 0 Å². The maximum Gasteiger partial charge on any atom is 0.406 e. The lowest BCUT2D eigenvalue weighted by molar-refractivity contribution is -0.121. The number of aldehydes is 1. The summed E-state index contributed by atoms with van der Waals surface area (Å²) in [5.74, 6) is -0.0927. The number of nitrogens with one attached hydrogen (secondary N) is 2. The molecule has 1 rings (SSSR count). The maximum atomic E-state index is 11.9. The van der Waals surface area contributed by atoms with Crippen molar-refractivity contribution in [2.75, 3.05) is 5.88 Å². The Kier molecular flexibility index (Phi) is 6.38. The van der Waals surface area contributed by atoms with Crippen LogP contribution in [0.2, 0.25) is 0 Å². The molecule has 0 spiro atoms. The predicted molar refractivity (Wildman–Crippen MR) is 93.1 cm³/mol. The Hall–Kier alpha value is -1.63. The molecule has 0 saturated carbocycles. The minimum absolute atomic E-state index is 0.0927. The van der Waals surface area contributed by atoms with Gasteiger partial charge in [0.1, 0.15) is 0 Å². The molecule has 7 heteroatoms. The number of rotatable bonds is 7. The van der Waals surface area contributed by atoms with Gasteiger partial charge in [0.25, 0.3) is 0 Å². The Bertz CT molecular complexity index is 576. The summed E-state index contributed by atoms with van der Waals surface area (Å²) >= 11 is 5.86. The quantitative estimate of drug-likeness (QED) is 0.341. The van der Waals surface area contributed by atoms with Gasteiger partial charge in [0, 0.05) is 5.41 Å². The van der Waals surface area contributed by atoms with Gasteiger partial charge in [0.15, 0.2) is 11.9 Å². The first-order valence-electron chi connectivity index (χ1n) is 7.59. The average molecular weight is 357 g/mol. The van der Waals surface area contributed by atoms with E-state index in [9.17, 15) is 19.8 Å². The third-order valence-corrected chi connectivity index (χ3v) is 4.60. The molecule has 0 radical (unpaired) electrons. The molecule has 0 bridgehead atoms. The van der Waals surface area contributed by atoms with E-state index in [1.165, 1.54) is 0 Å². The number of hydrogen-bond donors (Lipinski definition) is 4. The van der Waals surface area contributed by atoms with Crippen molar-refractivity contribution in [1.29, 1.82) is 0 Å². The molecule has 6 nitrogen and oxygen atoms in total. The van der Waals surface area contributed by atoms with E-state index in [2.05, 4.69) is 10.6 Å². The Morgan fingerprint density at radius 2 is 1.79 bits per heavy atom. The summed E-state index contributed by atoms with van der Waals surface area (Å²) in [7, 11) is 0. The van der Waals surface area contributed by atoms with E-state index in [0.29, 0.717) is 11.8 Å². The van der Waals surface area contributed by atoms with E-state index in [-0.39, 0.29) is 5.88 Å². The van der Waals surface area contributed by atoms with E-state index >= 15 is 0 Å². The van der Waals surface area contributed by atoms with Crippen molar-refractivity contribution in [2.24, 2.45) is 5.41 Å². The van der Waals surface area contributed by atoms with Crippen LogP contribution in [-0.4, -0.2) is 40.2 Å². The number of hydrogen-bond acceptors (Lipinski definition) is 4. The molecule has 24 heavy (non-hydrogen) atoms. The van der Waals surface area contributed by atoms with Gasteiger partial charge < -0.3 is 10.2 Å². The lowest BCUT2D eigenvalue weighted by Gasteiger charge is -2.48. The molecule has 0 heterocycles. The summed E-state index contributed by atoms with van der Waals surface area (Å²) < 4.78 is 0. The fraction of sp³-hybridized carbons (Fsp3) is 0.529. The largest absolute Gasteiger partial charge is 0.465 e. The van der Waals surface area contributed by atoms with Gasteiger partial charge in [0.05, 0.1) is 17.5 Å². The standard InChI is InChI=1S/C17H25ClN2O4/c1-15(2,3)17(11-21,19-14(23)24)20-16(4,13(22)10-18)12-8-6-5-7-9-12/h5-9,11,13,19-20,22H,10H2,1-4H3,(H,23,24)/t13-,16-,17-/m0/s1. The fourth-order valence-corrected chi connectivity index (χ4v) is 2.82. The zero-order valence-electron chi connectivity index (χ0n) is 14.3. The number of benzene rings is 1. The Morgan fingerprint density at radius 1 is 1.25 bits per heavy atom.